The van der Waals surface area contributed by atoms with E-state index in [1.165, 1.54) is 18.7 Å². The van der Waals surface area contributed by atoms with Crippen LogP contribution in [0, 0.1) is 6.92 Å². The summed E-state index contributed by atoms with van der Waals surface area (Å²) in [6.45, 7) is 3.33. The van der Waals surface area contributed by atoms with Crippen LogP contribution < -0.4 is 5.56 Å². The highest BCUT2D eigenvalue weighted by Crippen LogP contribution is 2.11. The normalized spacial score (nSPS) is 10.1. The van der Waals surface area contributed by atoms with Crippen LogP contribution in [-0.2, 0) is 0 Å². The van der Waals surface area contributed by atoms with Crippen molar-refractivity contribution in [2.24, 2.45) is 0 Å². The van der Waals surface area contributed by atoms with Gasteiger partial charge in [-0.1, -0.05) is 18.7 Å². The molecule has 14 heavy (non-hydrogen) atoms. The van der Waals surface area contributed by atoms with Crippen molar-refractivity contribution in [2.45, 2.75) is 19.0 Å². The number of hydrogen-bond donors (Lipinski definition) is 2. The second kappa shape index (κ2) is 4.28. The van der Waals surface area contributed by atoms with Gasteiger partial charge in [0.25, 0.3) is 5.56 Å². The Morgan fingerprint density at radius 3 is 2.79 bits per heavy atom. The Bertz CT molecular complexity index is 414. The second-order valence-corrected chi connectivity index (χ2v) is 3.84. The van der Waals surface area contributed by atoms with Gasteiger partial charge < -0.3 is 10.1 Å². The third-order valence-electron chi connectivity index (χ3n) is 1.61. The zero-order valence-corrected chi connectivity index (χ0v) is 8.64. The van der Waals surface area contributed by atoms with E-state index in [-0.39, 0.29) is 11.3 Å². The number of rotatable bonds is 3. The third-order valence-corrected chi connectivity index (χ3v) is 2.37. The summed E-state index contributed by atoms with van der Waals surface area (Å²) in [7, 11) is 0. The lowest BCUT2D eigenvalue weighted by Gasteiger charge is -2.01. The van der Waals surface area contributed by atoms with E-state index < -0.39 is 11.5 Å². The maximum atomic E-state index is 11.3. The van der Waals surface area contributed by atoms with Gasteiger partial charge in [0.1, 0.15) is 0 Å². The van der Waals surface area contributed by atoms with Gasteiger partial charge >= 0.3 is 5.97 Å². The van der Waals surface area contributed by atoms with Gasteiger partial charge in [-0.05, 0) is 12.7 Å². The first-order valence-electron chi connectivity index (χ1n) is 4.03. The molecular weight excluding hydrogens is 204 g/mol. The molecule has 0 bridgehead atoms. The third kappa shape index (κ3) is 2.14. The Morgan fingerprint density at radius 2 is 2.29 bits per heavy atom. The molecule has 0 saturated carbocycles. The standard InChI is InChI=1S/C8H10N2O3S/c1-3-14-8-9-5(7(12)13)4(2)6(11)10-8/h3H2,1-2H3,(H,12,13)(H,9,10,11). The lowest BCUT2D eigenvalue weighted by Crippen LogP contribution is -2.18. The molecule has 0 amide bonds. The van der Waals surface area contributed by atoms with E-state index in [0.717, 1.165) is 5.75 Å². The molecule has 0 aliphatic rings. The molecule has 1 aromatic rings. The second-order valence-electron chi connectivity index (χ2n) is 2.58. The number of H-pyrrole nitrogens is 1. The molecular formula is C8H10N2O3S. The SMILES string of the molecule is CCSc1nc(C(=O)O)c(C)c(=O)[nH]1. The number of aromatic carboxylic acids is 1. The van der Waals surface area contributed by atoms with Crippen molar-refractivity contribution in [1.29, 1.82) is 0 Å². The molecule has 0 aliphatic carbocycles. The van der Waals surface area contributed by atoms with Crippen molar-refractivity contribution in [1.82, 2.24) is 9.97 Å². The molecule has 76 valence electrons. The van der Waals surface area contributed by atoms with Gasteiger partial charge in [0.15, 0.2) is 10.9 Å². The van der Waals surface area contributed by atoms with E-state index in [4.69, 9.17) is 5.11 Å². The molecule has 0 atom stereocenters. The summed E-state index contributed by atoms with van der Waals surface area (Å²) in [4.78, 5) is 28.3. The molecule has 0 unspecified atom stereocenters. The highest BCUT2D eigenvalue weighted by molar-refractivity contribution is 7.99. The van der Waals surface area contributed by atoms with Gasteiger partial charge in [0.05, 0.1) is 0 Å². The zero-order valence-electron chi connectivity index (χ0n) is 7.83. The van der Waals surface area contributed by atoms with Crippen LogP contribution in [0.2, 0.25) is 0 Å². The molecule has 0 aliphatic heterocycles. The van der Waals surface area contributed by atoms with Gasteiger partial charge in [-0.2, -0.15) is 0 Å². The predicted molar refractivity (Wildman–Crippen MR) is 53.0 cm³/mol. The van der Waals surface area contributed by atoms with E-state index in [1.54, 1.807) is 0 Å². The Labute approximate surface area is 84.6 Å². The molecule has 1 aromatic heterocycles. The highest BCUT2D eigenvalue weighted by atomic mass is 32.2. The van der Waals surface area contributed by atoms with Crippen molar-refractivity contribution in [3.63, 3.8) is 0 Å². The van der Waals surface area contributed by atoms with E-state index >= 15 is 0 Å². The van der Waals surface area contributed by atoms with Gasteiger partial charge in [-0.3, -0.25) is 4.79 Å². The Kier molecular flexibility index (Phi) is 3.29. The summed E-state index contributed by atoms with van der Waals surface area (Å²) < 4.78 is 0. The van der Waals surface area contributed by atoms with Crippen molar-refractivity contribution in [2.75, 3.05) is 5.75 Å². The van der Waals surface area contributed by atoms with E-state index in [2.05, 4.69) is 9.97 Å². The number of aromatic nitrogens is 2. The van der Waals surface area contributed by atoms with Crippen molar-refractivity contribution in [3.05, 3.63) is 21.6 Å². The van der Waals surface area contributed by atoms with Crippen LogP contribution in [0.5, 0.6) is 0 Å². The number of carboxylic acids is 1. The highest BCUT2D eigenvalue weighted by Gasteiger charge is 2.13. The molecule has 0 spiro atoms. The molecule has 0 saturated heterocycles. The predicted octanol–water partition coefficient (Wildman–Crippen LogP) is 0.889. The fourth-order valence-corrected chi connectivity index (χ4v) is 1.52. The molecule has 1 heterocycles. The Morgan fingerprint density at radius 1 is 1.64 bits per heavy atom. The van der Waals surface area contributed by atoms with Crippen LogP contribution in [-0.4, -0.2) is 26.8 Å². The lowest BCUT2D eigenvalue weighted by molar-refractivity contribution is 0.0688. The molecule has 0 aromatic carbocycles. The van der Waals surface area contributed by atoms with Crippen LogP contribution in [0.15, 0.2) is 9.95 Å². The maximum Gasteiger partial charge on any atom is 0.355 e. The van der Waals surface area contributed by atoms with Crippen molar-refractivity contribution >= 4 is 17.7 Å². The number of nitrogens with zero attached hydrogens (tertiary/aromatic N) is 1. The number of carboxylic acid groups (broad SMARTS) is 1. The topological polar surface area (TPSA) is 83.0 Å². The van der Waals surface area contributed by atoms with Crippen LogP contribution in [0.3, 0.4) is 0 Å². The minimum atomic E-state index is -1.17. The number of nitrogens with one attached hydrogen (secondary N) is 1. The average Bonchev–Trinajstić information content (AvgIpc) is 2.11. The average molecular weight is 214 g/mol. The summed E-state index contributed by atoms with van der Waals surface area (Å²) >= 11 is 1.30. The van der Waals surface area contributed by atoms with Crippen LogP contribution in [0.4, 0.5) is 0 Å². The smallest absolute Gasteiger partial charge is 0.355 e. The lowest BCUT2D eigenvalue weighted by atomic mass is 10.2. The fraction of sp³-hybridized carbons (Fsp3) is 0.375. The monoisotopic (exact) mass is 214 g/mol. The molecule has 2 N–H and O–H groups in total. The quantitative estimate of drug-likeness (QED) is 0.576. The molecule has 5 nitrogen and oxygen atoms in total. The number of hydrogen-bond acceptors (Lipinski definition) is 4. The number of thioether (sulfide) groups is 1. The first-order chi connectivity index (χ1) is 6.56. The minimum absolute atomic E-state index is 0.137. The number of carbonyl (C=O) groups is 1. The maximum absolute atomic E-state index is 11.3. The molecule has 6 heteroatoms. The van der Waals surface area contributed by atoms with Crippen molar-refractivity contribution in [3.8, 4) is 0 Å². The summed E-state index contributed by atoms with van der Waals surface area (Å²) in [5.41, 5.74) is -0.434. The summed E-state index contributed by atoms with van der Waals surface area (Å²) in [6, 6.07) is 0. The first-order valence-corrected chi connectivity index (χ1v) is 5.01. The van der Waals surface area contributed by atoms with E-state index in [9.17, 15) is 9.59 Å². The summed E-state index contributed by atoms with van der Waals surface area (Å²) in [6.07, 6.45) is 0. The van der Waals surface area contributed by atoms with E-state index in [1.807, 2.05) is 6.92 Å². The first kappa shape index (κ1) is 10.8. The Balaban J connectivity index is 3.28. The van der Waals surface area contributed by atoms with Gasteiger partial charge in [0.2, 0.25) is 0 Å². The number of aromatic amines is 1. The van der Waals surface area contributed by atoms with Gasteiger partial charge in [0, 0.05) is 5.56 Å². The Hall–Kier alpha value is -1.30. The zero-order chi connectivity index (χ0) is 10.7. The summed E-state index contributed by atoms with van der Waals surface area (Å²) in [5.74, 6) is -0.447. The van der Waals surface area contributed by atoms with Gasteiger partial charge in [-0.15, -0.1) is 0 Å². The van der Waals surface area contributed by atoms with Crippen molar-refractivity contribution < 1.29 is 9.90 Å². The molecule has 1 rings (SSSR count). The molecule has 0 fully saturated rings. The molecule has 0 radical (unpaired) electrons. The van der Waals surface area contributed by atoms with Crippen LogP contribution in [0.25, 0.3) is 0 Å². The fourth-order valence-electron chi connectivity index (χ4n) is 0.925. The van der Waals surface area contributed by atoms with E-state index in [0.29, 0.717) is 5.16 Å². The minimum Gasteiger partial charge on any atom is -0.476 e. The summed E-state index contributed by atoms with van der Waals surface area (Å²) in [5, 5.41) is 9.11. The van der Waals surface area contributed by atoms with Crippen LogP contribution >= 0.6 is 11.8 Å². The van der Waals surface area contributed by atoms with Crippen LogP contribution in [0.1, 0.15) is 23.0 Å². The van der Waals surface area contributed by atoms with Gasteiger partial charge in [-0.25, -0.2) is 9.78 Å². The largest absolute Gasteiger partial charge is 0.476 e.